The van der Waals surface area contributed by atoms with Crippen LogP contribution in [0.5, 0.6) is 5.75 Å². The van der Waals surface area contributed by atoms with Crippen molar-refractivity contribution >= 4 is 5.97 Å². The molecule has 0 atom stereocenters. The van der Waals surface area contributed by atoms with Gasteiger partial charge >= 0.3 is 5.97 Å². The van der Waals surface area contributed by atoms with Gasteiger partial charge in [0.2, 0.25) is 0 Å². The molecule has 1 aromatic carbocycles. The summed E-state index contributed by atoms with van der Waals surface area (Å²) >= 11 is 0. The van der Waals surface area contributed by atoms with E-state index in [0.29, 0.717) is 12.3 Å². The van der Waals surface area contributed by atoms with Gasteiger partial charge in [-0.05, 0) is 31.6 Å². The van der Waals surface area contributed by atoms with Crippen LogP contribution in [0.1, 0.15) is 26.7 Å². The Morgan fingerprint density at radius 2 is 1.94 bits per heavy atom. The fourth-order valence-electron chi connectivity index (χ4n) is 1.57. The van der Waals surface area contributed by atoms with Crippen molar-refractivity contribution in [1.29, 1.82) is 0 Å². The van der Waals surface area contributed by atoms with Gasteiger partial charge in [-0.15, -0.1) is 0 Å². The van der Waals surface area contributed by atoms with Gasteiger partial charge in [0, 0.05) is 0 Å². The predicted octanol–water partition coefficient (Wildman–Crippen LogP) is 2.71. The summed E-state index contributed by atoms with van der Waals surface area (Å²) in [7, 11) is 0. The summed E-state index contributed by atoms with van der Waals surface area (Å²) in [5.41, 5.74) is 0. The molecule has 0 bridgehead atoms. The van der Waals surface area contributed by atoms with Crippen LogP contribution in [0.25, 0.3) is 0 Å². The smallest absolute Gasteiger partial charge is 0.325 e. The van der Waals surface area contributed by atoms with E-state index in [1.165, 1.54) is 0 Å². The van der Waals surface area contributed by atoms with Crippen molar-refractivity contribution in [2.75, 3.05) is 19.6 Å². The van der Waals surface area contributed by atoms with Gasteiger partial charge in [-0.3, -0.25) is 9.69 Å². The molecule has 0 radical (unpaired) electrons. The van der Waals surface area contributed by atoms with Crippen LogP contribution in [0.2, 0.25) is 0 Å². The number of rotatable bonds is 7. The molecule has 0 amide bonds. The zero-order valence-corrected chi connectivity index (χ0v) is 10.7. The molecule has 0 aliphatic carbocycles. The average molecular weight is 235 g/mol. The first-order valence-electron chi connectivity index (χ1n) is 6.24. The fraction of sp³-hybridized carbons (Fsp3) is 0.500. The molecule has 0 saturated carbocycles. The van der Waals surface area contributed by atoms with Gasteiger partial charge in [0.1, 0.15) is 5.75 Å². The van der Waals surface area contributed by atoms with Crippen molar-refractivity contribution in [2.45, 2.75) is 26.7 Å². The average Bonchev–Trinajstić information content (AvgIpc) is 2.35. The van der Waals surface area contributed by atoms with Gasteiger partial charge in [0.25, 0.3) is 0 Å². The Kier molecular flexibility index (Phi) is 6.33. The molecular formula is C14H21NO2. The second kappa shape index (κ2) is 7.85. The van der Waals surface area contributed by atoms with E-state index in [9.17, 15) is 4.79 Å². The number of nitrogens with zero attached hydrogens (tertiary/aromatic N) is 1. The van der Waals surface area contributed by atoms with E-state index >= 15 is 0 Å². The number of ether oxygens (including phenoxy) is 1. The summed E-state index contributed by atoms with van der Waals surface area (Å²) in [6, 6.07) is 9.20. The maximum atomic E-state index is 11.7. The van der Waals surface area contributed by atoms with Gasteiger partial charge in [-0.2, -0.15) is 0 Å². The molecule has 17 heavy (non-hydrogen) atoms. The Morgan fingerprint density at radius 1 is 1.24 bits per heavy atom. The Hall–Kier alpha value is -1.35. The quantitative estimate of drug-likeness (QED) is 0.537. The number of carbonyl (C=O) groups is 1. The van der Waals surface area contributed by atoms with Gasteiger partial charge in [0.15, 0.2) is 0 Å². The van der Waals surface area contributed by atoms with E-state index < -0.39 is 0 Å². The molecule has 0 N–H and O–H groups in total. The van der Waals surface area contributed by atoms with Crippen LogP contribution in [0, 0.1) is 0 Å². The third-order valence-electron chi connectivity index (χ3n) is 2.60. The second-order valence-corrected chi connectivity index (χ2v) is 4.01. The molecule has 0 fully saturated rings. The number of hydrogen-bond donors (Lipinski definition) is 0. The lowest BCUT2D eigenvalue weighted by molar-refractivity contribution is -0.135. The zero-order valence-electron chi connectivity index (χ0n) is 10.7. The molecule has 0 saturated heterocycles. The van der Waals surface area contributed by atoms with E-state index in [2.05, 4.69) is 18.7 Å². The first kappa shape index (κ1) is 13.7. The highest BCUT2D eigenvalue weighted by Crippen LogP contribution is 2.08. The van der Waals surface area contributed by atoms with Gasteiger partial charge in [-0.25, -0.2) is 0 Å². The molecular weight excluding hydrogens is 214 g/mol. The predicted molar refractivity (Wildman–Crippen MR) is 69.1 cm³/mol. The molecule has 0 aliphatic rings. The molecule has 0 aromatic heterocycles. The van der Waals surface area contributed by atoms with Crippen molar-refractivity contribution in [3.05, 3.63) is 30.3 Å². The lowest BCUT2D eigenvalue weighted by Crippen LogP contribution is -2.32. The summed E-state index contributed by atoms with van der Waals surface area (Å²) < 4.78 is 5.25. The van der Waals surface area contributed by atoms with Crippen molar-refractivity contribution in [2.24, 2.45) is 0 Å². The Labute approximate surface area is 103 Å². The lowest BCUT2D eigenvalue weighted by Gasteiger charge is -2.18. The van der Waals surface area contributed by atoms with Crippen molar-refractivity contribution in [1.82, 2.24) is 4.90 Å². The number of para-hydroxylation sites is 1. The summed E-state index contributed by atoms with van der Waals surface area (Å²) in [6.07, 6.45) is 2.26. The molecule has 0 unspecified atom stereocenters. The van der Waals surface area contributed by atoms with E-state index in [1.54, 1.807) is 12.1 Å². The van der Waals surface area contributed by atoms with Crippen LogP contribution in [0.15, 0.2) is 30.3 Å². The van der Waals surface area contributed by atoms with Crippen molar-refractivity contribution in [3.63, 3.8) is 0 Å². The number of esters is 1. The van der Waals surface area contributed by atoms with Gasteiger partial charge in [0.05, 0.1) is 6.54 Å². The largest absolute Gasteiger partial charge is 0.426 e. The number of hydrogen-bond acceptors (Lipinski definition) is 3. The molecule has 0 spiro atoms. The highest BCUT2D eigenvalue weighted by Gasteiger charge is 2.10. The third-order valence-corrected chi connectivity index (χ3v) is 2.60. The van der Waals surface area contributed by atoms with Crippen LogP contribution < -0.4 is 4.74 Å². The molecule has 3 nitrogen and oxygen atoms in total. The highest BCUT2D eigenvalue weighted by molar-refractivity contribution is 5.74. The summed E-state index contributed by atoms with van der Waals surface area (Å²) in [4.78, 5) is 13.8. The molecule has 3 heteroatoms. The van der Waals surface area contributed by atoms with E-state index in [0.717, 1.165) is 25.9 Å². The summed E-state index contributed by atoms with van der Waals surface area (Å²) in [5.74, 6) is 0.429. The number of benzene rings is 1. The minimum absolute atomic E-state index is 0.186. The molecule has 94 valence electrons. The van der Waals surface area contributed by atoms with Crippen molar-refractivity contribution in [3.8, 4) is 5.75 Å². The normalized spacial score (nSPS) is 10.5. The van der Waals surface area contributed by atoms with Gasteiger partial charge < -0.3 is 4.74 Å². The summed E-state index contributed by atoms with van der Waals surface area (Å²) in [5, 5.41) is 0. The molecule has 1 rings (SSSR count). The highest BCUT2D eigenvalue weighted by atomic mass is 16.5. The summed E-state index contributed by atoms with van der Waals surface area (Å²) in [6.45, 7) is 6.41. The van der Waals surface area contributed by atoms with Crippen LogP contribution >= 0.6 is 0 Å². The number of carbonyl (C=O) groups excluding carboxylic acids is 1. The Bertz CT molecular complexity index is 324. The van der Waals surface area contributed by atoms with E-state index in [-0.39, 0.29) is 5.97 Å². The van der Waals surface area contributed by atoms with Gasteiger partial charge in [-0.1, -0.05) is 38.5 Å². The Morgan fingerprint density at radius 3 is 2.53 bits per heavy atom. The van der Waals surface area contributed by atoms with Crippen LogP contribution in [-0.4, -0.2) is 30.5 Å². The maximum absolute atomic E-state index is 11.7. The minimum atomic E-state index is -0.186. The molecule has 1 aromatic rings. The zero-order chi connectivity index (χ0) is 12.5. The fourth-order valence-corrected chi connectivity index (χ4v) is 1.57. The third kappa shape index (κ3) is 5.50. The maximum Gasteiger partial charge on any atom is 0.325 e. The number of likely N-dealkylation sites (N-methyl/N-ethyl adjacent to an activating group) is 1. The minimum Gasteiger partial charge on any atom is -0.426 e. The van der Waals surface area contributed by atoms with E-state index in [1.807, 2.05) is 18.2 Å². The molecule has 0 heterocycles. The van der Waals surface area contributed by atoms with E-state index in [4.69, 9.17) is 4.74 Å². The Balaban J connectivity index is 2.37. The SMILES string of the molecule is CCCCN(CC)CC(=O)Oc1ccccc1. The standard InChI is InChI=1S/C14H21NO2/c1-3-5-11-15(4-2)12-14(16)17-13-9-7-6-8-10-13/h6-10H,3-5,11-12H2,1-2H3. The first-order valence-corrected chi connectivity index (χ1v) is 6.24. The first-order chi connectivity index (χ1) is 8.26. The monoisotopic (exact) mass is 235 g/mol. The second-order valence-electron chi connectivity index (χ2n) is 4.01. The van der Waals surface area contributed by atoms with Crippen LogP contribution in [0.4, 0.5) is 0 Å². The van der Waals surface area contributed by atoms with Crippen LogP contribution in [0.3, 0.4) is 0 Å². The number of unbranched alkanes of at least 4 members (excludes halogenated alkanes) is 1. The topological polar surface area (TPSA) is 29.5 Å². The lowest BCUT2D eigenvalue weighted by atomic mass is 10.3. The van der Waals surface area contributed by atoms with Crippen molar-refractivity contribution < 1.29 is 9.53 Å². The van der Waals surface area contributed by atoms with Crippen LogP contribution in [-0.2, 0) is 4.79 Å². The molecule has 0 aliphatic heterocycles.